The lowest BCUT2D eigenvalue weighted by atomic mass is 10.2. The van der Waals surface area contributed by atoms with Gasteiger partial charge >= 0.3 is 0 Å². The predicted octanol–water partition coefficient (Wildman–Crippen LogP) is 4.91. The summed E-state index contributed by atoms with van der Waals surface area (Å²) >= 11 is 3.58. The van der Waals surface area contributed by atoms with Crippen molar-refractivity contribution in [3.05, 3.63) is 82.8 Å². The van der Waals surface area contributed by atoms with Crippen molar-refractivity contribution in [1.82, 2.24) is 4.57 Å². The van der Waals surface area contributed by atoms with Crippen LogP contribution in [0.1, 0.15) is 11.8 Å². The van der Waals surface area contributed by atoms with Crippen LogP contribution < -0.4 is 4.90 Å². The molecule has 1 saturated heterocycles. The van der Waals surface area contributed by atoms with Crippen LogP contribution in [0.25, 0.3) is 5.69 Å². The third kappa shape index (κ3) is 2.85. The maximum Gasteiger partial charge on any atom is 0.158 e. The zero-order valence-electron chi connectivity index (χ0n) is 12.9. The number of hydrogen-bond donors (Lipinski definition) is 0. The minimum absolute atomic E-state index is 0.154. The second-order valence-electron chi connectivity index (χ2n) is 5.70. The zero-order chi connectivity index (χ0) is 16.5. The van der Waals surface area contributed by atoms with E-state index in [9.17, 15) is 4.39 Å². The Morgan fingerprint density at radius 2 is 1.83 bits per heavy atom. The highest BCUT2D eigenvalue weighted by molar-refractivity contribution is 9.10. The highest BCUT2D eigenvalue weighted by Crippen LogP contribution is 2.33. The van der Waals surface area contributed by atoms with Crippen LogP contribution in [0.5, 0.6) is 0 Å². The zero-order valence-corrected chi connectivity index (χ0v) is 14.5. The molecular weight excluding hydrogens is 371 g/mol. The minimum atomic E-state index is -0.226. The molecular formula is C19H16BrFN2O. The fourth-order valence-corrected chi connectivity index (χ4v) is 3.50. The van der Waals surface area contributed by atoms with Gasteiger partial charge in [0.15, 0.2) is 6.23 Å². The molecule has 1 fully saturated rings. The maximum absolute atomic E-state index is 13.2. The number of anilines is 1. The van der Waals surface area contributed by atoms with Crippen LogP contribution in [-0.4, -0.2) is 17.7 Å². The SMILES string of the molecule is Fc1ccc(N2CCO[C@H]2c2ccn(-c3ccccc3Br)c2)cc1. The number of ether oxygens (including phenoxy) is 1. The van der Waals surface area contributed by atoms with Gasteiger partial charge in [-0.05, 0) is 58.4 Å². The molecule has 0 saturated carbocycles. The van der Waals surface area contributed by atoms with Gasteiger partial charge in [0.1, 0.15) is 5.82 Å². The molecule has 4 rings (SSSR count). The summed E-state index contributed by atoms with van der Waals surface area (Å²) in [4.78, 5) is 2.15. The summed E-state index contributed by atoms with van der Waals surface area (Å²) in [5, 5.41) is 0. The summed E-state index contributed by atoms with van der Waals surface area (Å²) in [5.74, 6) is -0.226. The number of hydrogen-bond acceptors (Lipinski definition) is 2. The van der Waals surface area contributed by atoms with Crippen LogP contribution in [-0.2, 0) is 4.74 Å². The van der Waals surface area contributed by atoms with Crippen molar-refractivity contribution in [3.8, 4) is 5.69 Å². The monoisotopic (exact) mass is 386 g/mol. The van der Waals surface area contributed by atoms with E-state index in [1.54, 1.807) is 12.1 Å². The van der Waals surface area contributed by atoms with Crippen molar-refractivity contribution in [2.45, 2.75) is 6.23 Å². The summed E-state index contributed by atoms with van der Waals surface area (Å²) < 4.78 is 22.2. The van der Waals surface area contributed by atoms with Gasteiger partial charge in [0, 0.05) is 34.7 Å². The van der Waals surface area contributed by atoms with Gasteiger partial charge in [0.25, 0.3) is 0 Å². The first-order chi connectivity index (χ1) is 11.7. The molecule has 0 amide bonds. The Bertz CT molecular complexity index is 847. The van der Waals surface area contributed by atoms with Crippen molar-refractivity contribution in [1.29, 1.82) is 0 Å². The number of para-hydroxylation sites is 1. The Morgan fingerprint density at radius 3 is 2.62 bits per heavy atom. The largest absolute Gasteiger partial charge is 0.352 e. The first-order valence-corrected chi connectivity index (χ1v) is 8.58. The number of halogens is 2. The molecule has 2 heterocycles. The van der Waals surface area contributed by atoms with Crippen LogP contribution in [0.3, 0.4) is 0 Å². The molecule has 0 unspecified atom stereocenters. The standard InChI is InChI=1S/C19H16BrFN2O/c20-17-3-1-2-4-18(17)22-10-9-14(13-22)19-23(11-12-24-19)16-7-5-15(21)6-8-16/h1-10,13,19H,11-12H2/t19-/m0/s1. The smallest absolute Gasteiger partial charge is 0.158 e. The van der Waals surface area contributed by atoms with Gasteiger partial charge in [0.2, 0.25) is 0 Å². The molecule has 3 nitrogen and oxygen atoms in total. The van der Waals surface area contributed by atoms with E-state index in [4.69, 9.17) is 4.74 Å². The van der Waals surface area contributed by atoms with E-state index < -0.39 is 0 Å². The average molecular weight is 387 g/mol. The van der Waals surface area contributed by atoms with Crippen molar-refractivity contribution in [3.63, 3.8) is 0 Å². The van der Waals surface area contributed by atoms with Crippen LogP contribution in [0, 0.1) is 5.82 Å². The molecule has 5 heteroatoms. The van der Waals surface area contributed by atoms with Crippen molar-refractivity contribution in [2.24, 2.45) is 0 Å². The summed E-state index contributed by atoms with van der Waals surface area (Å²) in [6.45, 7) is 1.44. The topological polar surface area (TPSA) is 17.4 Å². The summed E-state index contributed by atoms with van der Waals surface area (Å²) in [6, 6.07) is 16.7. The summed E-state index contributed by atoms with van der Waals surface area (Å²) in [5.41, 5.74) is 3.12. The fraction of sp³-hybridized carbons (Fsp3) is 0.158. The normalized spacial score (nSPS) is 17.4. The van der Waals surface area contributed by atoms with E-state index in [-0.39, 0.29) is 12.0 Å². The fourth-order valence-electron chi connectivity index (χ4n) is 3.01. The lowest BCUT2D eigenvalue weighted by Gasteiger charge is -2.24. The van der Waals surface area contributed by atoms with E-state index in [0.29, 0.717) is 6.61 Å². The second-order valence-corrected chi connectivity index (χ2v) is 6.55. The van der Waals surface area contributed by atoms with E-state index in [1.165, 1.54) is 12.1 Å². The number of rotatable bonds is 3. The Labute approximate surface area is 148 Å². The van der Waals surface area contributed by atoms with Gasteiger partial charge in [-0.2, -0.15) is 0 Å². The molecule has 2 aromatic carbocycles. The molecule has 24 heavy (non-hydrogen) atoms. The quantitative estimate of drug-likeness (QED) is 0.635. The molecule has 0 bridgehead atoms. The average Bonchev–Trinajstić information content (AvgIpc) is 3.25. The Kier molecular flexibility index (Phi) is 4.12. The summed E-state index contributed by atoms with van der Waals surface area (Å²) in [7, 11) is 0. The van der Waals surface area contributed by atoms with Crippen LogP contribution in [0.15, 0.2) is 71.5 Å². The molecule has 0 radical (unpaired) electrons. The molecule has 0 aliphatic carbocycles. The highest BCUT2D eigenvalue weighted by atomic mass is 79.9. The molecule has 122 valence electrons. The molecule has 3 aromatic rings. The van der Waals surface area contributed by atoms with Gasteiger partial charge in [-0.15, -0.1) is 0 Å². The van der Waals surface area contributed by atoms with Gasteiger partial charge in [-0.3, -0.25) is 0 Å². The molecule has 0 spiro atoms. The van der Waals surface area contributed by atoms with Crippen LogP contribution in [0.4, 0.5) is 10.1 Å². The third-order valence-electron chi connectivity index (χ3n) is 4.18. The molecule has 1 aliphatic heterocycles. The van der Waals surface area contributed by atoms with Gasteiger partial charge < -0.3 is 14.2 Å². The lowest BCUT2D eigenvalue weighted by Crippen LogP contribution is -2.22. The van der Waals surface area contributed by atoms with Gasteiger partial charge in [0.05, 0.1) is 12.3 Å². The van der Waals surface area contributed by atoms with Crippen molar-refractivity contribution < 1.29 is 9.13 Å². The molecule has 1 aliphatic rings. The molecule has 1 atom stereocenters. The van der Waals surface area contributed by atoms with Gasteiger partial charge in [-0.1, -0.05) is 12.1 Å². The number of nitrogens with zero attached hydrogens (tertiary/aromatic N) is 2. The first-order valence-electron chi connectivity index (χ1n) is 7.79. The van der Waals surface area contributed by atoms with Crippen molar-refractivity contribution >= 4 is 21.6 Å². The minimum Gasteiger partial charge on any atom is -0.352 e. The Balaban J connectivity index is 1.64. The molecule has 1 aromatic heterocycles. The Morgan fingerprint density at radius 1 is 1.04 bits per heavy atom. The second kappa shape index (κ2) is 6.42. The van der Waals surface area contributed by atoms with Crippen LogP contribution >= 0.6 is 15.9 Å². The third-order valence-corrected chi connectivity index (χ3v) is 4.85. The molecule has 0 N–H and O–H groups in total. The van der Waals surface area contributed by atoms with Crippen LogP contribution in [0.2, 0.25) is 0 Å². The van der Waals surface area contributed by atoms with Gasteiger partial charge in [-0.25, -0.2) is 4.39 Å². The predicted molar refractivity (Wildman–Crippen MR) is 95.9 cm³/mol. The van der Waals surface area contributed by atoms with Crippen molar-refractivity contribution in [2.75, 3.05) is 18.1 Å². The van der Waals surface area contributed by atoms with E-state index in [0.717, 1.165) is 28.0 Å². The van der Waals surface area contributed by atoms with E-state index in [2.05, 4.69) is 43.7 Å². The highest BCUT2D eigenvalue weighted by Gasteiger charge is 2.28. The lowest BCUT2D eigenvalue weighted by molar-refractivity contribution is 0.114. The first kappa shape index (κ1) is 15.4. The summed E-state index contributed by atoms with van der Waals surface area (Å²) in [6.07, 6.45) is 3.95. The number of benzene rings is 2. The Hall–Kier alpha value is -2.11. The maximum atomic E-state index is 13.2. The van der Waals surface area contributed by atoms with E-state index in [1.807, 2.05) is 24.4 Å². The van der Waals surface area contributed by atoms with E-state index >= 15 is 0 Å². The number of aromatic nitrogens is 1.